The van der Waals surface area contributed by atoms with Gasteiger partial charge in [0.1, 0.15) is 5.69 Å². The highest BCUT2D eigenvalue weighted by Gasteiger charge is 2.55. The van der Waals surface area contributed by atoms with Crippen molar-refractivity contribution in [3.63, 3.8) is 0 Å². The van der Waals surface area contributed by atoms with Gasteiger partial charge >= 0.3 is 5.97 Å². The van der Waals surface area contributed by atoms with E-state index in [4.69, 9.17) is 4.74 Å². The molecule has 0 amide bonds. The number of aromatic amines is 1. The number of carbonyl (C=O) groups excluding carboxylic acids is 1. The van der Waals surface area contributed by atoms with Gasteiger partial charge in [0, 0.05) is 5.69 Å². The maximum Gasteiger partial charge on any atom is 0.354 e. The number of rotatable bonds is 5. The number of H-pyrrole nitrogens is 1. The minimum absolute atomic E-state index is 0.227. The van der Waals surface area contributed by atoms with Crippen molar-refractivity contribution in [3.8, 4) is 0 Å². The molecule has 1 fully saturated rings. The Labute approximate surface area is 130 Å². The molecule has 4 rings (SSSR count). The normalized spacial score (nSPS) is 24.7. The van der Waals surface area contributed by atoms with Gasteiger partial charge in [-0.05, 0) is 61.1 Å². The smallest absolute Gasteiger partial charge is 0.354 e. The van der Waals surface area contributed by atoms with Crippen LogP contribution in [0.2, 0.25) is 0 Å². The fraction of sp³-hybridized carbons (Fsp3) is 0.421. The van der Waals surface area contributed by atoms with Crippen molar-refractivity contribution in [2.75, 3.05) is 6.61 Å². The summed E-state index contributed by atoms with van der Waals surface area (Å²) >= 11 is 0. The number of benzene rings is 1. The summed E-state index contributed by atoms with van der Waals surface area (Å²) in [6.45, 7) is 2.26. The molecule has 1 N–H and O–H groups in total. The maximum atomic E-state index is 11.8. The Hall–Kier alpha value is -2.03. The molecule has 1 aromatic heterocycles. The van der Waals surface area contributed by atoms with Gasteiger partial charge in [0.15, 0.2) is 0 Å². The van der Waals surface area contributed by atoms with Gasteiger partial charge < -0.3 is 9.72 Å². The Morgan fingerprint density at radius 2 is 2.14 bits per heavy atom. The summed E-state index contributed by atoms with van der Waals surface area (Å²) in [5, 5.41) is 0. The van der Waals surface area contributed by atoms with E-state index in [9.17, 15) is 4.79 Å². The number of carbonyl (C=O) groups is 1. The number of hydrogen-bond acceptors (Lipinski definition) is 2. The van der Waals surface area contributed by atoms with Crippen LogP contribution in [-0.2, 0) is 17.6 Å². The molecule has 3 atom stereocenters. The average molecular weight is 295 g/mol. The molecule has 2 aromatic rings. The maximum absolute atomic E-state index is 11.8. The zero-order valence-corrected chi connectivity index (χ0v) is 12.8. The van der Waals surface area contributed by atoms with Gasteiger partial charge in [-0.15, -0.1) is 0 Å². The number of esters is 1. The summed E-state index contributed by atoms with van der Waals surface area (Å²) in [6.07, 6.45) is 3.50. The number of aromatic nitrogens is 1. The second-order valence-corrected chi connectivity index (χ2v) is 6.42. The first-order chi connectivity index (χ1) is 10.8. The van der Waals surface area contributed by atoms with Crippen LogP contribution in [0.25, 0.3) is 0 Å². The van der Waals surface area contributed by atoms with Gasteiger partial charge in [0.2, 0.25) is 0 Å². The van der Waals surface area contributed by atoms with E-state index in [1.807, 2.05) is 13.0 Å². The minimum atomic E-state index is -0.227. The van der Waals surface area contributed by atoms with E-state index >= 15 is 0 Å². The second kappa shape index (κ2) is 5.31. The first kappa shape index (κ1) is 13.6. The minimum Gasteiger partial charge on any atom is -0.461 e. The van der Waals surface area contributed by atoms with Crippen molar-refractivity contribution in [1.82, 2.24) is 4.98 Å². The first-order valence-corrected chi connectivity index (χ1v) is 8.20. The third kappa shape index (κ3) is 2.25. The SMILES string of the molecule is CCOC(=O)c1cc2c([nH]1)CC1C2[C@H]1CCc1ccccc1. The lowest BCUT2D eigenvalue weighted by molar-refractivity contribution is 0.0520. The molecule has 2 aliphatic rings. The van der Waals surface area contributed by atoms with Gasteiger partial charge in [-0.25, -0.2) is 4.79 Å². The number of aryl methyl sites for hydroxylation is 1. The van der Waals surface area contributed by atoms with Crippen molar-refractivity contribution >= 4 is 5.97 Å². The summed E-state index contributed by atoms with van der Waals surface area (Å²) in [5.74, 6) is 2.02. The number of ether oxygens (including phenoxy) is 1. The van der Waals surface area contributed by atoms with E-state index in [1.165, 1.54) is 23.2 Å². The summed E-state index contributed by atoms with van der Waals surface area (Å²) < 4.78 is 5.08. The fourth-order valence-electron chi connectivity index (χ4n) is 4.09. The van der Waals surface area contributed by atoms with Crippen LogP contribution in [-0.4, -0.2) is 17.6 Å². The van der Waals surface area contributed by atoms with Crippen molar-refractivity contribution in [2.24, 2.45) is 11.8 Å². The molecule has 0 saturated heterocycles. The molecule has 1 saturated carbocycles. The summed E-state index contributed by atoms with van der Waals surface area (Å²) in [4.78, 5) is 15.1. The molecule has 1 aromatic carbocycles. The largest absolute Gasteiger partial charge is 0.461 e. The van der Waals surface area contributed by atoms with Crippen molar-refractivity contribution in [1.29, 1.82) is 0 Å². The molecule has 2 unspecified atom stereocenters. The monoisotopic (exact) mass is 295 g/mol. The lowest BCUT2D eigenvalue weighted by atomic mass is 10.0. The molecule has 22 heavy (non-hydrogen) atoms. The predicted octanol–water partition coefficient (Wildman–Crippen LogP) is 3.71. The molecule has 0 spiro atoms. The van der Waals surface area contributed by atoms with Gasteiger partial charge in [0.25, 0.3) is 0 Å². The van der Waals surface area contributed by atoms with Crippen LogP contribution in [0, 0.1) is 11.8 Å². The summed E-state index contributed by atoms with van der Waals surface area (Å²) in [7, 11) is 0. The first-order valence-electron chi connectivity index (χ1n) is 8.20. The third-order valence-electron chi connectivity index (χ3n) is 5.17. The lowest BCUT2D eigenvalue weighted by Gasteiger charge is -2.04. The molecule has 0 radical (unpaired) electrons. The van der Waals surface area contributed by atoms with Crippen molar-refractivity contribution in [2.45, 2.75) is 32.1 Å². The molecule has 3 heteroatoms. The lowest BCUT2D eigenvalue weighted by Crippen LogP contribution is -2.05. The van der Waals surface area contributed by atoms with Crippen LogP contribution in [0.1, 0.15) is 46.6 Å². The standard InChI is InChI=1S/C19H21NO2/c1-2-22-19(21)17-11-15-16(20-17)10-14-13(18(14)15)9-8-12-6-4-3-5-7-12/h3-7,11,13-14,18,20H,2,8-10H2,1H3/t13-,14?,18?/m0/s1. The average Bonchev–Trinajstić information content (AvgIpc) is 2.87. The van der Waals surface area contributed by atoms with E-state index < -0.39 is 0 Å². The third-order valence-corrected chi connectivity index (χ3v) is 5.17. The Morgan fingerprint density at radius 1 is 1.32 bits per heavy atom. The highest BCUT2D eigenvalue weighted by molar-refractivity contribution is 5.88. The fourth-order valence-corrected chi connectivity index (χ4v) is 4.09. The van der Waals surface area contributed by atoms with Gasteiger partial charge in [-0.1, -0.05) is 30.3 Å². The van der Waals surface area contributed by atoms with Crippen LogP contribution in [0.4, 0.5) is 0 Å². The highest BCUT2D eigenvalue weighted by Crippen LogP contribution is 2.63. The number of nitrogens with one attached hydrogen (secondary N) is 1. The Morgan fingerprint density at radius 3 is 2.91 bits per heavy atom. The van der Waals surface area contributed by atoms with Crippen molar-refractivity contribution in [3.05, 3.63) is 58.9 Å². The van der Waals surface area contributed by atoms with Crippen LogP contribution in [0.15, 0.2) is 36.4 Å². The van der Waals surface area contributed by atoms with Crippen LogP contribution in [0.3, 0.4) is 0 Å². The second-order valence-electron chi connectivity index (χ2n) is 6.42. The number of fused-ring (bicyclic) bond motifs is 3. The highest BCUT2D eigenvalue weighted by atomic mass is 16.5. The van der Waals surface area contributed by atoms with Gasteiger partial charge in [-0.3, -0.25) is 0 Å². The zero-order chi connectivity index (χ0) is 15.1. The Bertz CT molecular complexity index is 689. The summed E-state index contributed by atoms with van der Waals surface area (Å²) in [6, 6.07) is 12.7. The molecule has 114 valence electrons. The van der Waals surface area contributed by atoms with Crippen molar-refractivity contribution < 1.29 is 9.53 Å². The van der Waals surface area contributed by atoms with E-state index in [-0.39, 0.29) is 5.97 Å². The van der Waals surface area contributed by atoms with E-state index in [0.29, 0.717) is 18.2 Å². The van der Waals surface area contributed by atoms with E-state index in [2.05, 4.69) is 35.3 Å². The zero-order valence-electron chi connectivity index (χ0n) is 12.8. The summed E-state index contributed by atoms with van der Waals surface area (Å²) in [5.41, 5.74) is 4.67. The Kier molecular flexibility index (Phi) is 3.29. The Balaban J connectivity index is 1.41. The van der Waals surface area contributed by atoms with Gasteiger partial charge in [0.05, 0.1) is 6.61 Å². The quantitative estimate of drug-likeness (QED) is 0.854. The molecular formula is C19H21NO2. The van der Waals surface area contributed by atoms with Crippen LogP contribution < -0.4 is 0 Å². The van der Waals surface area contributed by atoms with Gasteiger partial charge in [-0.2, -0.15) is 0 Å². The molecule has 3 nitrogen and oxygen atoms in total. The number of hydrogen-bond donors (Lipinski definition) is 1. The van der Waals surface area contributed by atoms with Crippen LogP contribution >= 0.6 is 0 Å². The molecular weight excluding hydrogens is 274 g/mol. The topological polar surface area (TPSA) is 42.1 Å². The molecule has 2 aliphatic carbocycles. The van der Waals surface area contributed by atoms with E-state index in [1.54, 1.807) is 0 Å². The molecule has 0 bridgehead atoms. The molecule has 1 heterocycles. The predicted molar refractivity (Wildman–Crippen MR) is 84.9 cm³/mol. The van der Waals surface area contributed by atoms with E-state index in [0.717, 1.165) is 24.7 Å². The van der Waals surface area contributed by atoms with Crippen LogP contribution in [0.5, 0.6) is 0 Å². The molecule has 0 aliphatic heterocycles.